The maximum atomic E-state index is 11.6. The molecule has 11 heavy (non-hydrogen) atoms. The summed E-state index contributed by atoms with van der Waals surface area (Å²) in [6.07, 6.45) is -4.08. The lowest BCUT2D eigenvalue weighted by atomic mass is 10.2. The first-order chi connectivity index (χ1) is 4.99. The van der Waals surface area contributed by atoms with Gasteiger partial charge in [-0.3, -0.25) is 4.79 Å². The van der Waals surface area contributed by atoms with Gasteiger partial charge in [-0.05, 0) is 0 Å². The van der Waals surface area contributed by atoms with Crippen LogP contribution in [0.1, 0.15) is 6.42 Å². The van der Waals surface area contributed by atoms with Gasteiger partial charge in [0.1, 0.15) is 0 Å². The van der Waals surface area contributed by atoms with Crippen molar-refractivity contribution >= 4 is 6.41 Å². The number of rotatable bonds is 4. The summed E-state index contributed by atoms with van der Waals surface area (Å²) < 4.78 is 34.8. The van der Waals surface area contributed by atoms with Gasteiger partial charge in [-0.1, -0.05) is 6.08 Å². The van der Waals surface area contributed by atoms with Gasteiger partial charge in [-0.25, -0.2) is 0 Å². The fourth-order valence-electron chi connectivity index (χ4n) is 0.547. The van der Waals surface area contributed by atoms with Crippen molar-refractivity contribution in [3.63, 3.8) is 0 Å². The summed E-state index contributed by atoms with van der Waals surface area (Å²) >= 11 is 0. The second-order valence-electron chi connectivity index (χ2n) is 1.95. The van der Waals surface area contributed by atoms with Crippen molar-refractivity contribution in [1.29, 1.82) is 0 Å². The molecule has 1 N–H and O–H groups in total. The van der Waals surface area contributed by atoms with E-state index in [-0.39, 0.29) is 6.41 Å². The first-order valence-corrected chi connectivity index (χ1v) is 2.88. The van der Waals surface area contributed by atoms with Crippen LogP contribution < -0.4 is 5.32 Å². The zero-order valence-corrected chi connectivity index (χ0v) is 5.69. The van der Waals surface area contributed by atoms with Crippen LogP contribution in [0.4, 0.5) is 13.2 Å². The molecule has 0 fully saturated rings. The van der Waals surface area contributed by atoms with Gasteiger partial charge >= 0.3 is 6.18 Å². The van der Waals surface area contributed by atoms with Crippen molar-refractivity contribution in [1.82, 2.24) is 5.32 Å². The van der Waals surface area contributed by atoms with Crippen molar-refractivity contribution < 1.29 is 18.0 Å². The third-order valence-corrected chi connectivity index (χ3v) is 1.02. The molecular weight excluding hydrogens is 159 g/mol. The van der Waals surface area contributed by atoms with Crippen LogP contribution in [0, 0.1) is 0 Å². The highest BCUT2D eigenvalue weighted by Gasteiger charge is 2.30. The van der Waals surface area contributed by atoms with Crippen LogP contribution in [0.5, 0.6) is 0 Å². The first kappa shape index (κ1) is 10.0. The molecule has 0 aliphatic heterocycles. The standard InChI is InChI=1S/C6H8F3NO/c1-2-5(10-4-11)3-6(7,8)9/h2,4-5H,1,3H2,(H,10,11). The van der Waals surface area contributed by atoms with Crippen LogP contribution in [0.15, 0.2) is 12.7 Å². The Balaban J connectivity index is 3.87. The Bertz CT molecular complexity index is 143. The second kappa shape index (κ2) is 4.00. The highest BCUT2D eigenvalue weighted by Crippen LogP contribution is 2.21. The molecule has 64 valence electrons. The third-order valence-electron chi connectivity index (χ3n) is 1.02. The van der Waals surface area contributed by atoms with Crippen LogP contribution in [0.3, 0.4) is 0 Å². The van der Waals surface area contributed by atoms with Gasteiger partial charge in [-0.15, -0.1) is 6.58 Å². The van der Waals surface area contributed by atoms with E-state index in [1.807, 2.05) is 5.32 Å². The van der Waals surface area contributed by atoms with Gasteiger partial charge in [0.25, 0.3) is 0 Å². The summed E-state index contributed by atoms with van der Waals surface area (Å²) in [6.45, 7) is 3.14. The summed E-state index contributed by atoms with van der Waals surface area (Å²) in [5, 5.41) is 1.97. The van der Waals surface area contributed by atoms with E-state index in [2.05, 4.69) is 6.58 Å². The fourth-order valence-corrected chi connectivity index (χ4v) is 0.547. The number of halogens is 3. The molecule has 0 rings (SSSR count). The largest absolute Gasteiger partial charge is 0.391 e. The van der Waals surface area contributed by atoms with Crippen LogP contribution >= 0.6 is 0 Å². The number of nitrogens with one attached hydrogen (secondary N) is 1. The monoisotopic (exact) mass is 167 g/mol. The second-order valence-corrected chi connectivity index (χ2v) is 1.95. The number of hydrogen-bond donors (Lipinski definition) is 1. The molecule has 0 saturated carbocycles. The minimum atomic E-state index is -4.27. The van der Waals surface area contributed by atoms with E-state index in [4.69, 9.17) is 0 Å². The molecule has 2 nitrogen and oxygen atoms in total. The maximum absolute atomic E-state index is 11.6. The Labute approximate surface area is 62.1 Å². The van der Waals surface area contributed by atoms with Crippen molar-refractivity contribution in [2.24, 2.45) is 0 Å². The Hall–Kier alpha value is -1.00. The Kier molecular flexibility index (Phi) is 3.64. The molecule has 0 bridgehead atoms. The van der Waals surface area contributed by atoms with Gasteiger partial charge in [0, 0.05) is 0 Å². The Morgan fingerprint density at radius 1 is 1.55 bits per heavy atom. The smallest absolute Gasteiger partial charge is 0.352 e. The molecule has 0 heterocycles. The fraction of sp³-hybridized carbons (Fsp3) is 0.500. The zero-order chi connectivity index (χ0) is 8.91. The lowest BCUT2D eigenvalue weighted by Crippen LogP contribution is -2.30. The van der Waals surface area contributed by atoms with E-state index in [0.717, 1.165) is 6.08 Å². The summed E-state index contributed by atoms with van der Waals surface area (Å²) in [5.41, 5.74) is 0. The summed E-state index contributed by atoms with van der Waals surface area (Å²) in [5.74, 6) is 0. The Morgan fingerprint density at radius 3 is 2.36 bits per heavy atom. The van der Waals surface area contributed by atoms with Gasteiger partial charge in [0.05, 0.1) is 12.5 Å². The van der Waals surface area contributed by atoms with Crippen LogP contribution in [0.25, 0.3) is 0 Å². The predicted octanol–water partition coefficient (Wildman–Crippen LogP) is 1.24. The molecule has 5 heteroatoms. The Morgan fingerprint density at radius 2 is 2.09 bits per heavy atom. The zero-order valence-electron chi connectivity index (χ0n) is 5.69. The van der Waals surface area contributed by atoms with Crippen LogP contribution in [-0.2, 0) is 4.79 Å². The van der Waals surface area contributed by atoms with E-state index in [9.17, 15) is 18.0 Å². The molecule has 0 aliphatic rings. The molecule has 0 spiro atoms. The number of hydrogen-bond acceptors (Lipinski definition) is 1. The first-order valence-electron chi connectivity index (χ1n) is 2.88. The van der Waals surface area contributed by atoms with Crippen molar-refractivity contribution in [3.05, 3.63) is 12.7 Å². The molecule has 1 atom stereocenters. The van der Waals surface area contributed by atoms with Crippen LogP contribution in [0.2, 0.25) is 0 Å². The number of carbonyl (C=O) groups excluding carboxylic acids is 1. The van der Waals surface area contributed by atoms with E-state index >= 15 is 0 Å². The minimum absolute atomic E-state index is 0.220. The van der Waals surface area contributed by atoms with Gasteiger partial charge in [0.15, 0.2) is 0 Å². The van der Waals surface area contributed by atoms with E-state index in [1.54, 1.807) is 0 Å². The van der Waals surface area contributed by atoms with Crippen molar-refractivity contribution in [2.45, 2.75) is 18.6 Å². The highest BCUT2D eigenvalue weighted by molar-refractivity contribution is 5.47. The highest BCUT2D eigenvalue weighted by atomic mass is 19.4. The minimum Gasteiger partial charge on any atom is -0.352 e. The van der Waals surface area contributed by atoms with E-state index < -0.39 is 18.6 Å². The third kappa shape index (κ3) is 5.44. The van der Waals surface area contributed by atoms with Gasteiger partial charge < -0.3 is 5.32 Å². The van der Waals surface area contributed by atoms with Crippen molar-refractivity contribution in [2.75, 3.05) is 0 Å². The van der Waals surface area contributed by atoms with Gasteiger partial charge in [-0.2, -0.15) is 13.2 Å². The summed E-state index contributed by atoms with van der Waals surface area (Å²) in [6, 6.07) is -1.02. The molecule has 0 radical (unpaired) electrons. The average Bonchev–Trinajstić information content (AvgIpc) is 1.84. The molecule has 0 saturated heterocycles. The SMILES string of the molecule is C=CC(CC(F)(F)F)NC=O. The van der Waals surface area contributed by atoms with Crippen LogP contribution in [-0.4, -0.2) is 18.6 Å². The normalized spacial score (nSPS) is 13.7. The van der Waals surface area contributed by atoms with E-state index in [1.165, 1.54) is 0 Å². The van der Waals surface area contributed by atoms with Gasteiger partial charge in [0.2, 0.25) is 6.41 Å². The topological polar surface area (TPSA) is 29.1 Å². The molecule has 0 aromatic rings. The molecule has 0 aromatic carbocycles. The maximum Gasteiger partial charge on any atom is 0.391 e. The average molecular weight is 167 g/mol. The summed E-state index contributed by atoms with van der Waals surface area (Å²) in [7, 11) is 0. The molecule has 1 amide bonds. The lowest BCUT2D eigenvalue weighted by molar-refractivity contribution is -0.138. The molecule has 0 aliphatic carbocycles. The quantitative estimate of drug-likeness (QED) is 0.495. The van der Waals surface area contributed by atoms with E-state index in [0.29, 0.717) is 0 Å². The number of carbonyl (C=O) groups is 1. The summed E-state index contributed by atoms with van der Waals surface area (Å²) in [4.78, 5) is 9.73. The van der Waals surface area contributed by atoms with Crippen molar-refractivity contribution in [3.8, 4) is 0 Å². The molecular formula is C6H8F3NO. The lowest BCUT2D eigenvalue weighted by Gasteiger charge is -2.12. The molecule has 1 unspecified atom stereocenters. The number of alkyl halides is 3. The molecule has 0 aromatic heterocycles. The number of amides is 1. The predicted molar refractivity (Wildman–Crippen MR) is 33.9 cm³/mol.